The van der Waals surface area contributed by atoms with Gasteiger partial charge in [0.25, 0.3) is 5.91 Å². The van der Waals surface area contributed by atoms with E-state index < -0.39 is 24.5 Å². The molecular weight excluding hydrogens is 344 g/mol. The minimum Gasteiger partial charge on any atom is -0.452 e. The summed E-state index contributed by atoms with van der Waals surface area (Å²) >= 11 is 1.23. The van der Waals surface area contributed by atoms with E-state index in [1.165, 1.54) is 18.7 Å². The molecule has 0 unspecified atom stereocenters. The third-order valence-electron chi connectivity index (χ3n) is 2.99. The second kappa shape index (κ2) is 10.5. The number of esters is 1. The molecule has 1 aromatic carbocycles. The number of amides is 2. The van der Waals surface area contributed by atoms with Crippen LogP contribution in [0.25, 0.3) is 0 Å². The van der Waals surface area contributed by atoms with Crippen molar-refractivity contribution < 1.29 is 23.9 Å². The molecule has 1 rings (SSSR count). The van der Waals surface area contributed by atoms with Gasteiger partial charge in [-0.15, -0.1) is 11.8 Å². The average Bonchev–Trinajstić information content (AvgIpc) is 2.58. The number of carbonyl (C=O) groups is 4. The SMILES string of the molecule is CCNC(=O)[C@H](C)NC(=O)COC(=O)c1ccccc1SCC(C)=O. The first kappa shape index (κ1) is 20.7. The van der Waals surface area contributed by atoms with Gasteiger partial charge in [-0.1, -0.05) is 12.1 Å². The van der Waals surface area contributed by atoms with Gasteiger partial charge in [-0.2, -0.15) is 0 Å². The lowest BCUT2D eigenvalue weighted by atomic mass is 10.2. The van der Waals surface area contributed by atoms with Crippen LogP contribution in [0.1, 0.15) is 31.1 Å². The van der Waals surface area contributed by atoms with E-state index in [0.29, 0.717) is 17.0 Å². The number of Topliss-reactive ketones (excluding diaryl/α,β-unsaturated/α-hetero) is 1. The third kappa shape index (κ3) is 7.38. The van der Waals surface area contributed by atoms with E-state index in [4.69, 9.17) is 4.74 Å². The Morgan fingerprint density at radius 2 is 1.88 bits per heavy atom. The Hall–Kier alpha value is -2.35. The number of ketones is 1. The molecule has 0 saturated heterocycles. The van der Waals surface area contributed by atoms with E-state index in [1.807, 2.05) is 0 Å². The zero-order chi connectivity index (χ0) is 18.8. The number of hydrogen-bond donors (Lipinski definition) is 2. The smallest absolute Gasteiger partial charge is 0.339 e. The summed E-state index contributed by atoms with van der Waals surface area (Å²) in [5, 5.41) is 5.03. The summed E-state index contributed by atoms with van der Waals surface area (Å²) in [7, 11) is 0. The van der Waals surface area contributed by atoms with Crippen molar-refractivity contribution in [1.82, 2.24) is 10.6 Å². The van der Waals surface area contributed by atoms with Crippen molar-refractivity contribution >= 4 is 35.3 Å². The number of nitrogens with one attached hydrogen (secondary N) is 2. The molecule has 0 saturated carbocycles. The number of likely N-dealkylation sites (N-methyl/N-ethyl adjacent to an activating group) is 1. The molecule has 8 heteroatoms. The van der Waals surface area contributed by atoms with Crippen LogP contribution in [0, 0.1) is 0 Å². The van der Waals surface area contributed by atoms with Crippen LogP contribution in [-0.2, 0) is 19.1 Å². The maximum absolute atomic E-state index is 12.2. The fourth-order valence-corrected chi connectivity index (χ4v) is 2.67. The fraction of sp³-hybridized carbons (Fsp3) is 0.412. The molecule has 0 aliphatic carbocycles. The summed E-state index contributed by atoms with van der Waals surface area (Å²) in [6.07, 6.45) is 0. The molecule has 0 radical (unpaired) electrons. The van der Waals surface area contributed by atoms with Crippen molar-refractivity contribution in [3.63, 3.8) is 0 Å². The highest BCUT2D eigenvalue weighted by Crippen LogP contribution is 2.23. The van der Waals surface area contributed by atoms with Crippen LogP contribution in [0.3, 0.4) is 0 Å². The first-order valence-corrected chi connectivity index (χ1v) is 8.79. The molecule has 0 aromatic heterocycles. The van der Waals surface area contributed by atoms with Crippen LogP contribution in [0.2, 0.25) is 0 Å². The number of carbonyl (C=O) groups excluding carboxylic acids is 4. The number of hydrogen-bond acceptors (Lipinski definition) is 6. The molecule has 136 valence electrons. The highest BCUT2D eigenvalue weighted by Gasteiger charge is 2.18. The Morgan fingerprint density at radius 1 is 1.20 bits per heavy atom. The van der Waals surface area contributed by atoms with Crippen LogP contribution in [-0.4, -0.2) is 48.5 Å². The Bertz CT molecular complexity index is 648. The lowest BCUT2D eigenvalue weighted by molar-refractivity contribution is -0.130. The second-order valence-corrected chi connectivity index (χ2v) is 6.26. The molecule has 7 nitrogen and oxygen atoms in total. The molecule has 0 fully saturated rings. The van der Waals surface area contributed by atoms with Crippen molar-refractivity contribution in [3.05, 3.63) is 29.8 Å². The van der Waals surface area contributed by atoms with E-state index in [9.17, 15) is 19.2 Å². The predicted octanol–water partition coefficient (Wildman–Crippen LogP) is 1.17. The minimum atomic E-state index is -0.718. The van der Waals surface area contributed by atoms with E-state index in [-0.39, 0.29) is 17.4 Å². The molecule has 25 heavy (non-hydrogen) atoms. The van der Waals surface area contributed by atoms with Gasteiger partial charge >= 0.3 is 5.97 Å². The van der Waals surface area contributed by atoms with Gasteiger partial charge in [-0.25, -0.2) is 4.79 Å². The fourth-order valence-electron chi connectivity index (χ4n) is 1.83. The van der Waals surface area contributed by atoms with E-state index >= 15 is 0 Å². The summed E-state index contributed by atoms with van der Waals surface area (Å²) in [5.74, 6) is -1.30. The van der Waals surface area contributed by atoms with Crippen LogP contribution < -0.4 is 10.6 Å². The molecule has 0 heterocycles. The molecule has 0 aliphatic rings. The first-order valence-electron chi connectivity index (χ1n) is 7.80. The second-order valence-electron chi connectivity index (χ2n) is 5.25. The van der Waals surface area contributed by atoms with Gasteiger partial charge in [0.15, 0.2) is 6.61 Å². The van der Waals surface area contributed by atoms with Gasteiger partial charge in [0, 0.05) is 11.4 Å². The summed E-state index contributed by atoms with van der Waals surface area (Å²) in [4.78, 5) is 47.2. The van der Waals surface area contributed by atoms with E-state index in [0.717, 1.165) is 0 Å². The summed E-state index contributed by atoms with van der Waals surface area (Å²) in [6, 6.07) is 5.98. The molecule has 0 aliphatic heterocycles. The van der Waals surface area contributed by atoms with Crippen LogP contribution in [0.5, 0.6) is 0 Å². The lowest BCUT2D eigenvalue weighted by Gasteiger charge is -2.13. The maximum atomic E-state index is 12.2. The standard InChI is InChI=1S/C17H22N2O5S/c1-4-18-16(22)12(3)19-15(21)9-24-17(23)13-7-5-6-8-14(13)25-10-11(2)20/h5-8,12H,4,9-10H2,1-3H3,(H,18,22)(H,19,21)/t12-/m0/s1. The monoisotopic (exact) mass is 366 g/mol. The quantitative estimate of drug-likeness (QED) is 0.502. The molecule has 0 spiro atoms. The maximum Gasteiger partial charge on any atom is 0.339 e. The topological polar surface area (TPSA) is 102 Å². The van der Waals surface area contributed by atoms with Gasteiger partial charge < -0.3 is 15.4 Å². The molecule has 1 atom stereocenters. The molecule has 2 N–H and O–H groups in total. The highest BCUT2D eigenvalue weighted by molar-refractivity contribution is 8.00. The Kier molecular flexibility index (Phi) is 8.69. The zero-order valence-corrected chi connectivity index (χ0v) is 15.3. The minimum absolute atomic E-state index is 0.00751. The number of benzene rings is 1. The van der Waals surface area contributed by atoms with Crippen LogP contribution >= 0.6 is 11.8 Å². The van der Waals surface area contributed by atoms with Crippen molar-refractivity contribution in [1.29, 1.82) is 0 Å². The normalized spacial score (nSPS) is 11.3. The summed E-state index contributed by atoms with van der Waals surface area (Å²) in [5.41, 5.74) is 0.290. The molecule has 1 aromatic rings. The van der Waals surface area contributed by atoms with Crippen molar-refractivity contribution in [2.24, 2.45) is 0 Å². The molecule has 0 bridgehead atoms. The highest BCUT2D eigenvalue weighted by atomic mass is 32.2. The van der Waals surface area contributed by atoms with Crippen LogP contribution in [0.15, 0.2) is 29.2 Å². The largest absolute Gasteiger partial charge is 0.452 e. The van der Waals surface area contributed by atoms with Crippen molar-refractivity contribution in [2.75, 3.05) is 18.9 Å². The van der Waals surface area contributed by atoms with Gasteiger partial charge in [0.2, 0.25) is 5.91 Å². The third-order valence-corrected chi connectivity index (χ3v) is 4.21. The van der Waals surface area contributed by atoms with Gasteiger partial charge in [0.1, 0.15) is 11.8 Å². The Balaban J connectivity index is 2.58. The summed E-state index contributed by atoms with van der Waals surface area (Å²) < 4.78 is 5.00. The van der Waals surface area contributed by atoms with Crippen LogP contribution in [0.4, 0.5) is 0 Å². The first-order chi connectivity index (χ1) is 11.8. The average molecular weight is 366 g/mol. The number of thioether (sulfide) groups is 1. The van der Waals surface area contributed by atoms with Gasteiger partial charge in [-0.3, -0.25) is 14.4 Å². The summed E-state index contributed by atoms with van der Waals surface area (Å²) in [6.45, 7) is 4.75. The van der Waals surface area contributed by atoms with E-state index in [2.05, 4.69) is 10.6 Å². The van der Waals surface area contributed by atoms with Crippen molar-refractivity contribution in [2.45, 2.75) is 31.7 Å². The molecular formula is C17H22N2O5S. The molecule has 2 amide bonds. The number of ether oxygens (including phenoxy) is 1. The zero-order valence-electron chi connectivity index (χ0n) is 14.5. The van der Waals surface area contributed by atoms with E-state index in [1.54, 1.807) is 38.1 Å². The lowest BCUT2D eigenvalue weighted by Crippen LogP contribution is -2.46. The van der Waals surface area contributed by atoms with Gasteiger partial charge in [-0.05, 0) is 32.9 Å². The predicted molar refractivity (Wildman–Crippen MR) is 94.4 cm³/mol. The Morgan fingerprint density at radius 3 is 2.52 bits per heavy atom. The van der Waals surface area contributed by atoms with Crippen molar-refractivity contribution in [3.8, 4) is 0 Å². The Labute approximate surface area is 150 Å². The number of rotatable bonds is 9. The van der Waals surface area contributed by atoms with Gasteiger partial charge in [0.05, 0.1) is 11.3 Å².